The minimum absolute atomic E-state index is 0.221. The lowest BCUT2D eigenvalue weighted by Gasteiger charge is -2.24. The van der Waals surface area contributed by atoms with Crippen molar-refractivity contribution in [3.8, 4) is 11.3 Å². The molecule has 1 amide bonds. The highest BCUT2D eigenvalue weighted by Gasteiger charge is 2.21. The molecular formula is C16H18ClN3O3. The smallest absolute Gasteiger partial charge is 0.298 e. The predicted molar refractivity (Wildman–Crippen MR) is 87.5 cm³/mol. The topological polar surface area (TPSA) is 81.6 Å². The van der Waals surface area contributed by atoms with Crippen LogP contribution < -0.4 is 10.6 Å². The summed E-state index contributed by atoms with van der Waals surface area (Å²) in [6.07, 6.45) is 0.642. The second kappa shape index (κ2) is 7.02. The van der Waals surface area contributed by atoms with Crippen LogP contribution in [0.4, 0.5) is 6.01 Å². The average Bonchev–Trinajstić information content (AvgIpc) is 2.99. The highest BCUT2D eigenvalue weighted by molar-refractivity contribution is 6.30. The predicted octanol–water partition coefficient (Wildman–Crippen LogP) is 2.25. The number of aromatic nitrogens is 1. The molecule has 2 heterocycles. The molecule has 23 heavy (non-hydrogen) atoms. The highest BCUT2D eigenvalue weighted by Crippen LogP contribution is 2.30. The maximum Gasteiger partial charge on any atom is 0.298 e. The molecule has 0 radical (unpaired) electrons. The van der Waals surface area contributed by atoms with Gasteiger partial charge in [-0.3, -0.25) is 4.79 Å². The number of carbonyl (C=O) groups is 1. The molecule has 122 valence electrons. The van der Waals surface area contributed by atoms with Crippen LogP contribution in [0.2, 0.25) is 5.02 Å². The Kier molecular flexibility index (Phi) is 4.83. The van der Waals surface area contributed by atoms with E-state index in [1.54, 1.807) is 12.1 Å². The maximum atomic E-state index is 11.1. The van der Waals surface area contributed by atoms with Crippen molar-refractivity contribution in [1.29, 1.82) is 0 Å². The summed E-state index contributed by atoms with van der Waals surface area (Å²) >= 11 is 5.94. The summed E-state index contributed by atoms with van der Waals surface area (Å²) in [5, 5.41) is 0.657. The minimum atomic E-state index is -0.364. The number of morpholine rings is 1. The molecule has 1 aliphatic rings. The zero-order chi connectivity index (χ0) is 16.2. The summed E-state index contributed by atoms with van der Waals surface area (Å²) in [5.41, 5.74) is 6.88. The normalized spacial score (nSPS) is 14.9. The third-order valence-electron chi connectivity index (χ3n) is 3.68. The number of primary amides is 1. The number of benzene rings is 1. The number of anilines is 1. The van der Waals surface area contributed by atoms with Gasteiger partial charge in [0.15, 0.2) is 0 Å². The zero-order valence-corrected chi connectivity index (χ0v) is 13.4. The van der Waals surface area contributed by atoms with E-state index in [1.807, 2.05) is 17.0 Å². The Morgan fingerprint density at radius 1 is 1.26 bits per heavy atom. The van der Waals surface area contributed by atoms with Crippen LogP contribution in [-0.4, -0.2) is 37.2 Å². The van der Waals surface area contributed by atoms with Crippen molar-refractivity contribution in [2.75, 3.05) is 31.2 Å². The first kappa shape index (κ1) is 15.8. The van der Waals surface area contributed by atoms with Gasteiger partial charge >= 0.3 is 0 Å². The van der Waals surface area contributed by atoms with E-state index in [0.717, 1.165) is 24.3 Å². The molecule has 0 unspecified atom stereocenters. The zero-order valence-electron chi connectivity index (χ0n) is 12.6. The first-order valence-electron chi connectivity index (χ1n) is 7.50. The van der Waals surface area contributed by atoms with E-state index in [2.05, 4.69) is 4.98 Å². The van der Waals surface area contributed by atoms with Crippen LogP contribution in [0.1, 0.15) is 12.2 Å². The number of oxazole rings is 1. The number of carbonyl (C=O) groups excluding carboxylic acids is 1. The summed E-state index contributed by atoms with van der Waals surface area (Å²) in [6, 6.07) is 7.93. The number of amides is 1. The molecule has 1 aliphatic heterocycles. The fraction of sp³-hybridized carbons (Fsp3) is 0.375. The van der Waals surface area contributed by atoms with Gasteiger partial charge in [0.05, 0.1) is 13.2 Å². The molecule has 0 spiro atoms. The van der Waals surface area contributed by atoms with E-state index in [0.29, 0.717) is 36.4 Å². The lowest BCUT2D eigenvalue weighted by atomic mass is 10.1. The van der Waals surface area contributed by atoms with Crippen LogP contribution in [0.3, 0.4) is 0 Å². The van der Waals surface area contributed by atoms with E-state index in [4.69, 9.17) is 26.5 Å². The van der Waals surface area contributed by atoms with Gasteiger partial charge in [-0.25, -0.2) is 0 Å². The fourth-order valence-corrected chi connectivity index (χ4v) is 2.59. The van der Waals surface area contributed by atoms with Crippen LogP contribution in [0.5, 0.6) is 0 Å². The van der Waals surface area contributed by atoms with Gasteiger partial charge in [-0.15, -0.1) is 0 Å². The number of ether oxygens (including phenoxy) is 1. The van der Waals surface area contributed by atoms with E-state index in [9.17, 15) is 4.79 Å². The summed E-state index contributed by atoms with van der Waals surface area (Å²) in [6.45, 7) is 2.76. The Labute approximate surface area is 139 Å². The SMILES string of the molecule is NC(=O)CCc1oc(N2CCOCC2)nc1-c1ccc(Cl)cc1. The molecule has 0 atom stereocenters. The van der Waals surface area contributed by atoms with Gasteiger partial charge in [-0.2, -0.15) is 4.98 Å². The fourth-order valence-electron chi connectivity index (χ4n) is 2.47. The number of rotatable bonds is 5. The molecular weight excluding hydrogens is 318 g/mol. The lowest BCUT2D eigenvalue weighted by Crippen LogP contribution is -2.36. The standard InChI is InChI=1S/C16H18ClN3O3/c17-12-3-1-11(2-4-12)15-13(5-6-14(18)21)23-16(19-15)20-7-9-22-10-8-20/h1-4H,5-10H2,(H2,18,21). The Bertz CT molecular complexity index is 678. The molecule has 1 saturated heterocycles. The maximum absolute atomic E-state index is 11.1. The average molecular weight is 336 g/mol. The van der Waals surface area contributed by atoms with E-state index in [-0.39, 0.29) is 12.3 Å². The molecule has 0 saturated carbocycles. The number of halogens is 1. The quantitative estimate of drug-likeness (QED) is 0.906. The van der Waals surface area contributed by atoms with Gasteiger partial charge in [0.1, 0.15) is 11.5 Å². The Morgan fingerprint density at radius 2 is 1.96 bits per heavy atom. The number of aryl methyl sites for hydroxylation is 1. The number of nitrogens with zero attached hydrogens (tertiary/aromatic N) is 2. The van der Waals surface area contributed by atoms with Crippen LogP contribution >= 0.6 is 11.6 Å². The molecule has 1 aromatic carbocycles. The first-order valence-corrected chi connectivity index (χ1v) is 7.88. The molecule has 3 rings (SSSR count). The molecule has 0 aliphatic carbocycles. The Balaban J connectivity index is 1.92. The van der Waals surface area contributed by atoms with Crippen molar-refractivity contribution in [1.82, 2.24) is 4.98 Å². The Hall–Kier alpha value is -2.05. The summed E-state index contributed by atoms with van der Waals surface area (Å²) < 4.78 is 11.3. The molecule has 6 nitrogen and oxygen atoms in total. The number of hydrogen-bond donors (Lipinski definition) is 1. The molecule has 0 bridgehead atoms. The van der Waals surface area contributed by atoms with Gasteiger partial charge < -0.3 is 19.8 Å². The van der Waals surface area contributed by atoms with E-state index < -0.39 is 0 Å². The first-order chi connectivity index (χ1) is 11.1. The summed E-state index contributed by atoms with van der Waals surface area (Å²) in [5.74, 6) is 0.295. The lowest BCUT2D eigenvalue weighted by molar-refractivity contribution is -0.118. The van der Waals surface area contributed by atoms with Crippen molar-refractivity contribution >= 4 is 23.5 Å². The van der Waals surface area contributed by atoms with Crippen molar-refractivity contribution in [3.63, 3.8) is 0 Å². The molecule has 1 fully saturated rings. The number of nitrogens with two attached hydrogens (primary N) is 1. The molecule has 1 aromatic heterocycles. The van der Waals surface area contributed by atoms with Crippen LogP contribution in [-0.2, 0) is 16.0 Å². The van der Waals surface area contributed by atoms with Gasteiger partial charge in [-0.1, -0.05) is 23.7 Å². The largest absolute Gasteiger partial charge is 0.428 e. The Morgan fingerprint density at radius 3 is 2.61 bits per heavy atom. The van der Waals surface area contributed by atoms with Crippen LogP contribution in [0.25, 0.3) is 11.3 Å². The van der Waals surface area contributed by atoms with Gasteiger partial charge in [0, 0.05) is 36.5 Å². The second-order valence-electron chi connectivity index (χ2n) is 5.34. The van der Waals surface area contributed by atoms with Crippen molar-refractivity contribution in [3.05, 3.63) is 35.0 Å². The second-order valence-corrected chi connectivity index (χ2v) is 5.78. The molecule has 2 aromatic rings. The highest BCUT2D eigenvalue weighted by atomic mass is 35.5. The third kappa shape index (κ3) is 3.83. The monoisotopic (exact) mass is 335 g/mol. The molecule has 7 heteroatoms. The summed E-state index contributed by atoms with van der Waals surface area (Å²) in [7, 11) is 0. The number of hydrogen-bond acceptors (Lipinski definition) is 5. The van der Waals surface area contributed by atoms with Crippen molar-refractivity contribution in [2.24, 2.45) is 5.73 Å². The third-order valence-corrected chi connectivity index (χ3v) is 3.94. The van der Waals surface area contributed by atoms with Gasteiger partial charge in [0.25, 0.3) is 6.01 Å². The van der Waals surface area contributed by atoms with Gasteiger partial charge in [-0.05, 0) is 12.1 Å². The van der Waals surface area contributed by atoms with E-state index >= 15 is 0 Å². The molecule has 2 N–H and O–H groups in total. The minimum Gasteiger partial charge on any atom is -0.428 e. The van der Waals surface area contributed by atoms with Gasteiger partial charge in [0.2, 0.25) is 5.91 Å². The van der Waals surface area contributed by atoms with Crippen molar-refractivity contribution < 1.29 is 13.9 Å². The van der Waals surface area contributed by atoms with E-state index in [1.165, 1.54) is 0 Å². The summed E-state index contributed by atoms with van der Waals surface area (Å²) in [4.78, 5) is 17.7. The van der Waals surface area contributed by atoms with Crippen molar-refractivity contribution in [2.45, 2.75) is 12.8 Å². The van der Waals surface area contributed by atoms with Crippen LogP contribution in [0, 0.1) is 0 Å². The van der Waals surface area contributed by atoms with Crippen LogP contribution in [0.15, 0.2) is 28.7 Å².